The molecule has 0 amide bonds. The van der Waals surface area contributed by atoms with Gasteiger partial charge < -0.3 is 9.47 Å². The normalized spacial score (nSPS) is 10.8. The second kappa shape index (κ2) is 9.47. The molecule has 0 aliphatic rings. The monoisotopic (exact) mass is 344 g/mol. The number of methoxy groups -OCH3 is 1. The van der Waals surface area contributed by atoms with E-state index in [-0.39, 0.29) is 0 Å². The molecule has 3 aromatic carbocycles. The van der Waals surface area contributed by atoms with Crippen LogP contribution >= 0.6 is 0 Å². The van der Waals surface area contributed by atoms with Crippen LogP contribution in [-0.4, -0.2) is 7.11 Å². The lowest BCUT2D eigenvalue weighted by Crippen LogP contribution is -1.96. The van der Waals surface area contributed by atoms with Gasteiger partial charge in [-0.2, -0.15) is 0 Å². The van der Waals surface area contributed by atoms with Crippen LogP contribution in [-0.2, 0) is 13.0 Å². The summed E-state index contributed by atoms with van der Waals surface area (Å²) < 4.78 is 11.4. The second-order valence-electron chi connectivity index (χ2n) is 6.06. The summed E-state index contributed by atoms with van der Waals surface area (Å²) in [4.78, 5) is 0. The first-order chi connectivity index (χ1) is 12.9. The molecule has 0 saturated heterocycles. The van der Waals surface area contributed by atoms with Gasteiger partial charge in [-0.25, -0.2) is 0 Å². The molecular formula is C24H24O2. The molecular weight excluding hydrogens is 320 g/mol. The van der Waals surface area contributed by atoms with Crippen LogP contribution in [0.15, 0.2) is 84.9 Å². The molecule has 2 heteroatoms. The molecule has 0 saturated carbocycles. The number of hydrogen-bond donors (Lipinski definition) is 0. The fourth-order valence-corrected chi connectivity index (χ4v) is 2.84. The Balaban J connectivity index is 1.60. The van der Waals surface area contributed by atoms with E-state index in [2.05, 4.69) is 36.4 Å². The molecule has 0 spiro atoms. The summed E-state index contributed by atoms with van der Waals surface area (Å²) in [5.74, 6) is 1.86. The first-order valence-electron chi connectivity index (χ1n) is 8.91. The molecule has 0 aliphatic heterocycles. The highest BCUT2D eigenvalue weighted by atomic mass is 16.5. The van der Waals surface area contributed by atoms with E-state index < -0.39 is 0 Å². The van der Waals surface area contributed by atoms with Gasteiger partial charge in [0.2, 0.25) is 0 Å². The molecule has 3 aromatic rings. The van der Waals surface area contributed by atoms with Crippen molar-refractivity contribution in [3.63, 3.8) is 0 Å². The molecule has 0 atom stereocenters. The summed E-state index contributed by atoms with van der Waals surface area (Å²) in [6.45, 7) is 0.576. The fraction of sp³-hybridized carbons (Fsp3) is 0.167. The van der Waals surface area contributed by atoms with Crippen molar-refractivity contribution in [2.24, 2.45) is 0 Å². The third kappa shape index (κ3) is 5.00. The second-order valence-corrected chi connectivity index (χ2v) is 6.06. The van der Waals surface area contributed by atoms with Gasteiger partial charge >= 0.3 is 0 Å². The maximum atomic E-state index is 6.00. The molecule has 132 valence electrons. The Labute approximate surface area is 155 Å². The van der Waals surface area contributed by atoms with E-state index in [4.69, 9.17) is 9.47 Å². The van der Waals surface area contributed by atoms with E-state index >= 15 is 0 Å². The summed E-state index contributed by atoms with van der Waals surface area (Å²) in [5.41, 5.74) is 3.50. The lowest BCUT2D eigenvalue weighted by atomic mass is 10.1. The number of benzene rings is 3. The summed E-state index contributed by atoms with van der Waals surface area (Å²) in [5, 5.41) is 0. The molecule has 0 bridgehead atoms. The molecule has 0 fully saturated rings. The molecule has 0 radical (unpaired) electrons. The Morgan fingerprint density at radius 1 is 0.769 bits per heavy atom. The molecule has 2 nitrogen and oxygen atoms in total. The Bertz CT molecular complexity index is 838. The van der Waals surface area contributed by atoms with Crippen molar-refractivity contribution in [3.05, 3.63) is 102 Å². The molecule has 0 N–H and O–H groups in total. The van der Waals surface area contributed by atoms with Gasteiger partial charge in [-0.1, -0.05) is 78.9 Å². The zero-order chi connectivity index (χ0) is 18.0. The first-order valence-corrected chi connectivity index (χ1v) is 8.91. The SMILES string of the molecule is COc1ccccc1CCC=Cc1ccccc1OCc1ccccc1. The Hall–Kier alpha value is -3.00. The van der Waals surface area contributed by atoms with Gasteiger partial charge in [-0.15, -0.1) is 0 Å². The molecule has 0 aliphatic carbocycles. The minimum atomic E-state index is 0.576. The van der Waals surface area contributed by atoms with Crippen molar-refractivity contribution in [3.8, 4) is 11.5 Å². The minimum absolute atomic E-state index is 0.576. The quantitative estimate of drug-likeness (QED) is 0.505. The number of hydrogen-bond acceptors (Lipinski definition) is 2. The van der Waals surface area contributed by atoms with E-state index in [0.717, 1.165) is 29.9 Å². The molecule has 0 unspecified atom stereocenters. The zero-order valence-corrected chi connectivity index (χ0v) is 15.1. The minimum Gasteiger partial charge on any atom is -0.496 e. The summed E-state index contributed by atoms with van der Waals surface area (Å²) in [6, 6.07) is 26.5. The Morgan fingerprint density at radius 2 is 1.46 bits per heavy atom. The van der Waals surface area contributed by atoms with Gasteiger partial charge in [-0.05, 0) is 36.1 Å². The number of aryl methyl sites for hydroxylation is 1. The summed E-state index contributed by atoms with van der Waals surface area (Å²) >= 11 is 0. The maximum absolute atomic E-state index is 6.00. The van der Waals surface area contributed by atoms with Crippen LogP contribution in [0, 0.1) is 0 Å². The van der Waals surface area contributed by atoms with Crippen LogP contribution in [0.5, 0.6) is 11.5 Å². The number of ether oxygens (including phenoxy) is 2. The van der Waals surface area contributed by atoms with Crippen molar-refractivity contribution >= 4 is 6.08 Å². The average molecular weight is 344 g/mol. The molecule has 0 aromatic heterocycles. The smallest absolute Gasteiger partial charge is 0.127 e. The first kappa shape index (κ1) is 17.8. The van der Waals surface area contributed by atoms with Gasteiger partial charge in [0.25, 0.3) is 0 Å². The zero-order valence-electron chi connectivity index (χ0n) is 15.1. The molecule has 26 heavy (non-hydrogen) atoms. The van der Waals surface area contributed by atoms with Crippen molar-refractivity contribution in [1.29, 1.82) is 0 Å². The number of rotatable bonds is 8. The highest BCUT2D eigenvalue weighted by Gasteiger charge is 2.02. The third-order valence-electron chi connectivity index (χ3n) is 4.23. The van der Waals surface area contributed by atoms with Crippen LogP contribution in [0.25, 0.3) is 6.08 Å². The van der Waals surface area contributed by atoms with Crippen molar-refractivity contribution < 1.29 is 9.47 Å². The number of allylic oxidation sites excluding steroid dienone is 1. The van der Waals surface area contributed by atoms with E-state index in [1.165, 1.54) is 11.1 Å². The van der Waals surface area contributed by atoms with Crippen molar-refractivity contribution in [2.75, 3.05) is 7.11 Å². The average Bonchev–Trinajstić information content (AvgIpc) is 2.71. The highest BCUT2D eigenvalue weighted by Crippen LogP contribution is 2.22. The maximum Gasteiger partial charge on any atom is 0.127 e. The largest absolute Gasteiger partial charge is 0.496 e. The van der Waals surface area contributed by atoms with Crippen LogP contribution in [0.4, 0.5) is 0 Å². The van der Waals surface area contributed by atoms with E-state index in [1.807, 2.05) is 54.6 Å². The van der Waals surface area contributed by atoms with Gasteiger partial charge in [0.15, 0.2) is 0 Å². The standard InChI is InChI=1S/C24H24O2/c1-25-23-17-9-7-14-21(23)13-5-6-15-22-16-8-10-18-24(22)26-19-20-11-3-2-4-12-20/h2-4,6-12,14-18H,5,13,19H2,1H3. The van der Waals surface area contributed by atoms with Gasteiger partial charge in [0.05, 0.1) is 7.11 Å². The molecule has 0 heterocycles. The topological polar surface area (TPSA) is 18.5 Å². The van der Waals surface area contributed by atoms with Crippen LogP contribution in [0.3, 0.4) is 0 Å². The predicted molar refractivity (Wildman–Crippen MR) is 108 cm³/mol. The third-order valence-corrected chi connectivity index (χ3v) is 4.23. The van der Waals surface area contributed by atoms with Gasteiger partial charge in [-0.3, -0.25) is 0 Å². The van der Waals surface area contributed by atoms with Gasteiger partial charge in [0, 0.05) is 5.56 Å². The molecule has 3 rings (SSSR count). The summed E-state index contributed by atoms with van der Waals surface area (Å²) in [7, 11) is 1.72. The fourth-order valence-electron chi connectivity index (χ4n) is 2.84. The van der Waals surface area contributed by atoms with E-state index in [0.29, 0.717) is 6.61 Å². The number of para-hydroxylation sites is 2. The van der Waals surface area contributed by atoms with Crippen LogP contribution < -0.4 is 9.47 Å². The Kier molecular flexibility index (Phi) is 6.49. The highest BCUT2D eigenvalue weighted by molar-refractivity contribution is 5.57. The Morgan fingerprint density at radius 3 is 2.27 bits per heavy atom. The van der Waals surface area contributed by atoms with Crippen molar-refractivity contribution in [1.82, 2.24) is 0 Å². The van der Waals surface area contributed by atoms with E-state index in [9.17, 15) is 0 Å². The predicted octanol–water partition coefficient (Wildman–Crippen LogP) is 5.92. The van der Waals surface area contributed by atoms with Crippen LogP contribution in [0.1, 0.15) is 23.1 Å². The van der Waals surface area contributed by atoms with Gasteiger partial charge in [0.1, 0.15) is 18.1 Å². The van der Waals surface area contributed by atoms with Crippen LogP contribution in [0.2, 0.25) is 0 Å². The lowest BCUT2D eigenvalue weighted by molar-refractivity contribution is 0.305. The van der Waals surface area contributed by atoms with Crippen molar-refractivity contribution in [2.45, 2.75) is 19.4 Å². The lowest BCUT2D eigenvalue weighted by Gasteiger charge is -2.09. The van der Waals surface area contributed by atoms with E-state index in [1.54, 1.807) is 7.11 Å². The summed E-state index contributed by atoms with van der Waals surface area (Å²) in [6.07, 6.45) is 6.23.